The molecule has 0 saturated carbocycles. The van der Waals surface area contributed by atoms with Gasteiger partial charge in [0.05, 0.1) is 12.8 Å². The summed E-state index contributed by atoms with van der Waals surface area (Å²) < 4.78 is 6.20. The molecule has 26 heavy (non-hydrogen) atoms. The number of nitrogens with zero attached hydrogens (tertiary/aromatic N) is 4. The summed E-state index contributed by atoms with van der Waals surface area (Å²) in [6, 6.07) is 8.24. The molecule has 0 fully saturated rings. The fourth-order valence-electron chi connectivity index (χ4n) is 2.45. The van der Waals surface area contributed by atoms with Gasteiger partial charge in [-0.2, -0.15) is 9.94 Å². The first-order valence-corrected chi connectivity index (χ1v) is 8.21. The van der Waals surface area contributed by atoms with E-state index in [0.29, 0.717) is 30.1 Å². The number of anilines is 1. The van der Waals surface area contributed by atoms with Crippen molar-refractivity contribution in [3.05, 3.63) is 45.7 Å². The molecule has 2 aromatic rings. The number of carbonyl (C=O) groups is 1. The number of carbonyl (C=O) groups excluding carboxylic acids is 1. The third kappa shape index (κ3) is 3.67. The zero-order valence-corrected chi connectivity index (χ0v) is 15.2. The topological polar surface area (TPSA) is 100 Å². The average Bonchev–Trinajstić information content (AvgIpc) is 2.65. The number of benzene rings is 1. The van der Waals surface area contributed by atoms with E-state index in [4.69, 9.17) is 4.74 Å². The van der Waals surface area contributed by atoms with Crippen LogP contribution in [0, 0.1) is 18.3 Å². The lowest BCUT2D eigenvalue weighted by molar-refractivity contribution is 0.217. The molecule has 0 radical (unpaired) electrons. The van der Waals surface area contributed by atoms with Gasteiger partial charge in [-0.25, -0.2) is 4.79 Å². The average molecular weight is 355 g/mol. The highest BCUT2D eigenvalue weighted by atomic mass is 16.5. The minimum atomic E-state index is -0.545. The highest BCUT2D eigenvalue weighted by Crippen LogP contribution is 2.17. The van der Waals surface area contributed by atoms with Gasteiger partial charge in [0, 0.05) is 18.7 Å². The first-order chi connectivity index (χ1) is 12.5. The van der Waals surface area contributed by atoms with Gasteiger partial charge in [-0.1, -0.05) is 0 Å². The molecule has 0 aliphatic carbocycles. The third-order valence-electron chi connectivity index (χ3n) is 4.04. The van der Waals surface area contributed by atoms with Crippen molar-refractivity contribution in [1.29, 1.82) is 5.26 Å². The molecular weight excluding hydrogens is 334 g/mol. The van der Waals surface area contributed by atoms with Crippen LogP contribution in [0.2, 0.25) is 0 Å². The Morgan fingerprint density at radius 2 is 1.92 bits per heavy atom. The van der Waals surface area contributed by atoms with Crippen LogP contribution in [-0.2, 0) is 0 Å². The molecule has 0 atom stereocenters. The van der Waals surface area contributed by atoms with Gasteiger partial charge in [-0.3, -0.25) is 10.1 Å². The summed E-state index contributed by atoms with van der Waals surface area (Å²) in [5, 5.41) is 16.3. The molecule has 1 aromatic heterocycles. The van der Waals surface area contributed by atoms with Crippen molar-refractivity contribution in [2.45, 2.75) is 20.8 Å². The van der Waals surface area contributed by atoms with E-state index in [2.05, 4.69) is 10.4 Å². The fourth-order valence-corrected chi connectivity index (χ4v) is 2.45. The third-order valence-corrected chi connectivity index (χ3v) is 4.04. The van der Waals surface area contributed by atoms with Crippen molar-refractivity contribution >= 4 is 11.8 Å². The lowest BCUT2D eigenvalue weighted by Gasteiger charge is -2.20. The number of hydrogen-bond acceptors (Lipinski definition) is 5. The highest BCUT2D eigenvalue weighted by molar-refractivity contribution is 5.89. The van der Waals surface area contributed by atoms with Crippen molar-refractivity contribution in [2.24, 2.45) is 0 Å². The maximum Gasteiger partial charge on any atom is 0.323 e. The zero-order chi connectivity index (χ0) is 19.3. The molecule has 0 spiro atoms. The second-order valence-corrected chi connectivity index (χ2v) is 5.48. The van der Waals surface area contributed by atoms with Crippen LogP contribution in [-0.4, -0.2) is 40.9 Å². The maximum absolute atomic E-state index is 12.6. The second kappa shape index (κ2) is 8.16. The van der Waals surface area contributed by atoms with Crippen LogP contribution in [0.4, 0.5) is 10.6 Å². The molecular formula is C18H21N5O3. The van der Waals surface area contributed by atoms with Crippen molar-refractivity contribution in [1.82, 2.24) is 14.7 Å². The summed E-state index contributed by atoms with van der Waals surface area (Å²) in [6.07, 6.45) is 0. The van der Waals surface area contributed by atoms with E-state index in [1.54, 1.807) is 43.2 Å². The Labute approximate surface area is 151 Å². The lowest BCUT2D eigenvalue weighted by atomic mass is 10.2. The van der Waals surface area contributed by atoms with E-state index in [1.807, 2.05) is 19.9 Å². The van der Waals surface area contributed by atoms with E-state index in [0.717, 1.165) is 4.68 Å². The summed E-state index contributed by atoms with van der Waals surface area (Å²) in [4.78, 5) is 26.5. The maximum atomic E-state index is 12.6. The summed E-state index contributed by atoms with van der Waals surface area (Å²) in [5.74, 6) is 0.804. The molecule has 0 aliphatic heterocycles. The van der Waals surface area contributed by atoms with Crippen LogP contribution in [0.15, 0.2) is 29.1 Å². The molecule has 8 heteroatoms. The molecule has 0 bridgehead atoms. The van der Waals surface area contributed by atoms with E-state index in [9.17, 15) is 14.9 Å². The molecule has 1 aromatic carbocycles. The quantitative estimate of drug-likeness (QED) is 0.887. The Morgan fingerprint density at radius 3 is 2.42 bits per heavy atom. The SMILES string of the molecule is CCN(CC)C(=O)Nc1nn(-c2ccc(OC)cc2)c(=O)c(C#N)c1C. The minimum Gasteiger partial charge on any atom is -0.497 e. The molecule has 1 heterocycles. The van der Waals surface area contributed by atoms with Crippen LogP contribution in [0.1, 0.15) is 25.0 Å². The van der Waals surface area contributed by atoms with Crippen molar-refractivity contribution in [3.63, 3.8) is 0 Å². The Kier molecular flexibility index (Phi) is 5.96. The number of methoxy groups -OCH3 is 1. The van der Waals surface area contributed by atoms with Gasteiger partial charge in [0.15, 0.2) is 5.82 Å². The Morgan fingerprint density at radius 1 is 1.31 bits per heavy atom. The summed E-state index contributed by atoms with van der Waals surface area (Å²) in [7, 11) is 1.54. The Balaban J connectivity index is 2.54. The molecule has 0 unspecified atom stereocenters. The number of nitrogens with one attached hydrogen (secondary N) is 1. The van der Waals surface area contributed by atoms with Gasteiger partial charge in [0.2, 0.25) is 0 Å². The van der Waals surface area contributed by atoms with Crippen LogP contribution in [0.5, 0.6) is 5.75 Å². The van der Waals surface area contributed by atoms with E-state index < -0.39 is 5.56 Å². The molecule has 2 rings (SSSR count). The first kappa shape index (κ1) is 19.0. The van der Waals surface area contributed by atoms with Gasteiger partial charge in [-0.05, 0) is 45.0 Å². The normalized spacial score (nSPS) is 10.1. The molecule has 0 saturated heterocycles. The van der Waals surface area contributed by atoms with E-state index in [1.165, 1.54) is 0 Å². The largest absolute Gasteiger partial charge is 0.497 e. The molecule has 2 amide bonds. The standard InChI is InChI=1S/C18H21N5O3/c1-5-22(6-2)18(25)20-16-12(3)15(11-19)17(24)23(21-16)13-7-9-14(26-4)10-8-13/h7-10H,5-6H2,1-4H3,(H,20,21,25). The van der Waals surface area contributed by atoms with Gasteiger partial charge in [0.1, 0.15) is 17.4 Å². The minimum absolute atomic E-state index is 0.0642. The second-order valence-electron chi connectivity index (χ2n) is 5.48. The highest BCUT2D eigenvalue weighted by Gasteiger charge is 2.18. The predicted octanol–water partition coefficient (Wildman–Crippen LogP) is 2.29. The monoisotopic (exact) mass is 355 g/mol. The van der Waals surface area contributed by atoms with Gasteiger partial charge >= 0.3 is 6.03 Å². The van der Waals surface area contributed by atoms with E-state index >= 15 is 0 Å². The fraction of sp³-hybridized carbons (Fsp3) is 0.333. The number of rotatable bonds is 5. The summed E-state index contributed by atoms with van der Waals surface area (Å²) in [5.41, 5.74) is 0.190. The number of ether oxygens (including phenoxy) is 1. The number of nitriles is 1. The van der Waals surface area contributed by atoms with Crippen LogP contribution in [0.3, 0.4) is 0 Å². The molecule has 8 nitrogen and oxygen atoms in total. The smallest absolute Gasteiger partial charge is 0.323 e. The molecule has 1 N–H and O–H groups in total. The first-order valence-electron chi connectivity index (χ1n) is 8.21. The Bertz CT molecular complexity index is 893. The molecule has 136 valence electrons. The van der Waals surface area contributed by atoms with Gasteiger partial charge in [0.25, 0.3) is 5.56 Å². The Hall–Kier alpha value is -3.34. The van der Waals surface area contributed by atoms with Gasteiger partial charge in [-0.15, -0.1) is 5.10 Å². The van der Waals surface area contributed by atoms with Crippen LogP contribution < -0.4 is 15.6 Å². The van der Waals surface area contributed by atoms with Crippen LogP contribution >= 0.6 is 0 Å². The number of hydrogen-bond donors (Lipinski definition) is 1. The van der Waals surface area contributed by atoms with Crippen molar-refractivity contribution in [3.8, 4) is 17.5 Å². The summed E-state index contributed by atoms with van der Waals surface area (Å²) >= 11 is 0. The van der Waals surface area contributed by atoms with E-state index in [-0.39, 0.29) is 17.4 Å². The predicted molar refractivity (Wildman–Crippen MR) is 97.8 cm³/mol. The zero-order valence-electron chi connectivity index (χ0n) is 15.2. The lowest BCUT2D eigenvalue weighted by Crippen LogP contribution is -2.36. The number of aromatic nitrogens is 2. The molecule has 0 aliphatic rings. The van der Waals surface area contributed by atoms with Gasteiger partial charge < -0.3 is 9.64 Å². The van der Waals surface area contributed by atoms with Crippen molar-refractivity contribution in [2.75, 3.05) is 25.5 Å². The summed E-state index contributed by atoms with van der Waals surface area (Å²) in [6.45, 7) is 6.38. The van der Waals surface area contributed by atoms with Crippen molar-refractivity contribution < 1.29 is 9.53 Å². The van der Waals surface area contributed by atoms with Crippen LogP contribution in [0.25, 0.3) is 5.69 Å². The number of urea groups is 1. The number of amides is 2.